The van der Waals surface area contributed by atoms with Crippen LogP contribution in [0.5, 0.6) is 0 Å². The molecule has 2 aromatic carbocycles. The molecule has 0 aliphatic heterocycles. The molecule has 0 N–H and O–H groups in total. The second-order valence-corrected chi connectivity index (χ2v) is 5.23. The third-order valence-electron chi connectivity index (χ3n) is 3.59. The van der Waals surface area contributed by atoms with Crippen molar-refractivity contribution in [3.05, 3.63) is 59.2 Å². The summed E-state index contributed by atoms with van der Waals surface area (Å²) in [7, 11) is 0. The molecule has 1 heterocycles. The number of nitrogens with zero attached hydrogens (tertiary/aromatic N) is 2. The third-order valence-corrected chi connectivity index (χ3v) is 3.90. The van der Waals surface area contributed by atoms with Gasteiger partial charge in [-0.25, -0.2) is 9.37 Å². The number of alkyl halides is 1. The molecule has 0 bridgehead atoms. The molecule has 2 nitrogen and oxygen atoms in total. The molecule has 102 valence electrons. The zero-order valence-electron chi connectivity index (χ0n) is 11.3. The molecule has 0 saturated heterocycles. The number of halogens is 2. The Kier molecular flexibility index (Phi) is 3.22. The first-order chi connectivity index (χ1) is 9.60. The van der Waals surface area contributed by atoms with Crippen molar-refractivity contribution < 1.29 is 4.39 Å². The third kappa shape index (κ3) is 2.08. The predicted octanol–water partition coefficient (Wildman–Crippen LogP) is 4.52. The number of hydrogen-bond donors (Lipinski definition) is 0. The smallest absolute Gasteiger partial charge is 0.147 e. The summed E-state index contributed by atoms with van der Waals surface area (Å²) in [6.45, 7) is 4.09. The van der Waals surface area contributed by atoms with Crippen molar-refractivity contribution in [2.45, 2.75) is 19.7 Å². The predicted molar refractivity (Wildman–Crippen MR) is 80.1 cm³/mol. The number of aromatic nitrogens is 2. The van der Waals surface area contributed by atoms with Gasteiger partial charge in [-0.15, -0.1) is 11.6 Å². The fraction of sp³-hybridized carbons (Fsp3) is 0.188. The second-order valence-electron chi connectivity index (χ2n) is 4.96. The molecule has 0 atom stereocenters. The highest BCUT2D eigenvalue weighted by Gasteiger charge is 2.10. The van der Waals surface area contributed by atoms with E-state index in [1.54, 1.807) is 17.0 Å². The van der Waals surface area contributed by atoms with E-state index in [2.05, 4.69) is 4.98 Å². The van der Waals surface area contributed by atoms with Crippen LogP contribution >= 0.6 is 11.6 Å². The van der Waals surface area contributed by atoms with E-state index in [0.29, 0.717) is 11.6 Å². The van der Waals surface area contributed by atoms with E-state index >= 15 is 0 Å². The molecule has 20 heavy (non-hydrogen) atoms. The van der Waals surface area contributed by atoms with Crippen LogP contribution in [0.4, 0.5) is 4.39 Å². The maximum atomic E-state index is 14.2. The molecule has 0 radical (unpaired) electrons. The fourth-order valence-corrected chi connectivity index (χ4v) is 2.45. The van der Waals surface area contributed by atoms with Crippen LogP contribution in [0.2, 0.25) is 0 Å². The van der Waals surface area contributed by atoms with E-state index in [-0.39, 0.29) is 5.82 Å². The highest BCUT2D eigenvalue weighted by molar-refractivity contribution is 6.17. The lowest BCUT2D eigenvalue weighted by Crippen LogP contribution is -1.97. The van der Waals surface area contributed by atoms with Gasteiger partial charge in [0.1, 0.15) is 12.1 Å². The van der Waals surface area contributed by atoms with Gasteiger partial charge in [0.05, 0.1) is 16.7 Å². The fourth-order valence-electron chi connectivity index (χ4n) is 2.29. The Morgan fingerprint density at radius 1 is 1.15 bits per heavy atom. The highest BCUT2D eigenvalue weighted by atomic mass is 35.5. The normalized spacial score (nSPS) is 11.2. The maximum Gasteiger partial charge on any atom is 0.147 e. The Hall–Kier alpha value is -1.87. The highest BCUT2D eigenvalue weighted by Crippen LogP contribution is 2.24. The van der Waals surface area contributed by atoms with Gasteiger partial charge in [-0.1, -0.05) is 6.07 Å². The summed E-state index contributed by atoms with van der Waals surface area (Å²) in [5, 5.41) is 0. The summed E-state index contributed by atoms with van der Waals surface area (Å²) >= 11 is 5.72. The molecular formula is C16H14ClFN2. The summed E-state index contributed by atoms with van der Waals surface area (Å²) in [4.78, 5) is 4.35. The molecule has 1 aromatic heterocycles. The molecule has 0 aliphatic rings. The minimum atomic E-state index is -0.291. The van der Waals surface area contributed by atoms with Crippen LogP contribution in [0.25, 0.3) is 16.7 Å². The largest absolute Gasteiger partial charge is 0.296 e. The van der Waals surface area contributed by atoms with Crippen molar-refractivity contribution in [3.63, 3.8) is 0 Å². The van der Waals surface area contributed by atoms with Crippen LogP contribution in [0.3, 0.4) is 0 Å². The summed E-state index contributed by atoms with van der Waals surface area (Å²) in [5.41, 5.74) is 5.38. The zero-order chi connectivity index (χ0) is 14.3. The Bertz CT molecular complexity index is 793. The molecule has 0 spiro atoms. The summed E-state index contributed by atoms with van der Waals surface area (Å²) in [6, 6.07) is 9.09. The zero-order valence-corrected chi connectivity index (χ0v) is 12.1. The number of benzene rings is 2. The van der Waals surface area contributed by atoms with Gasteiger partial charge in [-0.05, 0) is 54.8 Å². The molecule has 0 saturated carbocycles. The van der Waals surface area contributed by atoms with Gasteiger partial charge in [0.15, 0.2) is 0 Å². The quantitative estimate of drug-likeness (QED) is 0.634. The summed E-state index contributed by atoms with van der Waals surface area (Å²) in [6.07, 6.45) is 1.66. The van der Waals surface area contributed by atoms with E-state index in [1.807, 2.05) is 32.0 Å². The van der Waals surface area contributed by atoms with Crippen LogP contribution in [-0.2, 0) is 5.88 Å². The van der Waals surface area contributed by atoms with Crippen molar-refractivity contribution in [2.24, 2.45) is 0 Å². The van der Waals surface area contributed by atoms with Crippen molar-refractivity contribution in [2.75, 3.05) is 0 Å². The number of imidazole rings is 1. The van der Waals surface area contributed by atoms with E-state index in [1.165, 1.54) is 11.6 Å². The van der Waals surface area contributed by atoms with E-state index < -0.39 is 0 Å². The van der Waals surface area contributed by atoms with Gasteiger partial charge in [0.25, 0.3) is 0 Å². The van der Waals surface area contributed by atoms with Gasteiger partial charge >= 0.3 is 0 Å². The Morgan fingerprint density at radius 3 is 2.60 bits per heavy atom. The van der Waals surface area contributed by atoms with Crippen LogP contribution in [0.1, 0.15) is 16.7 Å². The maximum absolute atomic E-state index is 14.2. The van der Waals surface area contributed by atoms with Crippen LogP contribution < -0.4 is 0 Å². The lowest BCUT2D eigenvalue weighted by molar-refractivity contribution is 0.618. The Labute approximate surface area is 121 Å². The number of rotatable bonds is 2. The van der Waals surface area contributed by atoms with Crippen LogP contribution in [-0.4, -0.2) is 9.55 Å². The summed E-state index contributed by atoms with van der Waals surface area (Å²) in [5.74, 6) is 0.0147. The molecule has 4 heteroatoms. The monoisotopic (exact) mass is 288 g/mol. The van der Waals surface area contributed by atoms with E-state index in [0.717, 1.165) is 22.2 Å². The van der Waals surface area contributed by atoms with Crippen molar-refractivity contribution in [3.8, 4) is 5.69 Å². The number of fused-ring (bicyclic) bond motifs is 1. The SMILES string of the molecule is Cc1cc2ncn(-c3ccc(CCl)cc3F)c2cc1C. The molecule has 0 fully saturated rings. The topological polar surface area (TPSA) is 17.8 Å². The van der Waals surface area contributed by atoms with Crippen molar-refractivity contribution >= 4 is 22.6 Å². The lowest BCUT2D eigenvalue weighted by atomic mass is 10.1. The van der Waals surface area contributed by atoms with E-state index in [9.17, 15) is 4.39 Å². The van der Waals surface area contributed by atoms with Gasteiger partial charge in [0.2, 0.25) is 0 Å². The minimum absolute atomic E-state index is 0.291. The van der Waals surface area contributed by atoms with Gasteiger partial charge in [-0.3, -0.25) is 4.57 Å². The second kappa shape index (κ2) is 4.91. The molecule has 3 rings (SSSR count). The Balaban J connectivity index is 2.22. The minimum Gasteiger partial charge on any atom is -0.296 e. The average molecular weight is 289 g/mol. The molecule has 0 unspecified atom stereocenters. The molecule has 0 amide bonds. The van der Waals surface area contributed by atoms with E-state index in [4.69, 9.17) is 11.6 Å². The standard InChI is InChI=1S/C16H14ClFN2/c1-10-5-14-16(6-11(10)2)20(9-19-14)15-4-3-12(8-17)7-13(15)18/h3-7,9H,8H2,1-2H3. The first-order valence-electron chi connectivity index (χ1n) is 6.39. The summed E-state index contributed by atoms with van der Waals surface area (Å²) < 4.78 is 16.0. The van der Waals surface area contributed by atoms with Gasteiger partial charge in [0, 0.05) is 5.88 Å². The van der Waals surface area contributed by atoms with Crippen LogP contribution in [0.15, 0.2) is 36.7 Å². The lowest BCUT2D eigenvalue weighted by Gasteiger charge is -2.08. The van der Waals surface area contributed by atoms with Crippen molar-refractivity contribution in [1.82, 2.24) is 9.55 Å². The van der Waals surface area contributed by atoms with Crippen LogP contribution in [0, 0.1) is 19.7 Å². The first kappa shape index (κ1) is 13.1. The van der Waals surface area contributed by atoms with Crippen molar-refractivity contribution in [1.29, 1.82) is 0 Å². The molecule has 3 aromatic rings. The molecular weight excluding hydrogens is 275 g/mol. The number of aryl methyl sites for hydroxylation is 2. The van der Waals surface area contributed by atoms with Gasteiger partial charge < -0.3 is 0 Å². The number of hydrogen-bond acceptors (Lipinski definition) is 1. The average Bonchev–Trinajstić information content (AvgIpc) is 2.82. The molecule has 0 aliphatic carbocycles. The van der Waals surface area contributed by atoms with Gasteiger partial charge in [-0.2, -0.15) is 0 Å². The first-order valence-corrected chi connectivity index (χ1v) is 6.92. The Morgan fingerprint density at radius 2 is 1.90 bits per heavy atom.